The quantitative estimate of drug-likeness (QED) is 0.446. The minimum absolute atomic E-state index is 0.0637. The second-order valence-corrected chi connectivity index (χ2v) is 8.82. The molecule has 0 saturated heterocycles. The van der Waals surface area contributed by atoms with Crippen molar-refractivity contribution in [3.8, 4) is 11.8 Å². The van der Waals surface area contributed by atoms with E-state index in [-0.39, 0.29) is 17.4 Å². The lowest BCUT2D eigenvalue weighted by molar-refractivity contribution is 0.307. The monoisotopic (exact) mass is 404 g/mol. The summed E-state index contributed by atoms with van der Waals surface area (Å²) in [6.45, 7) is 2.22. The smallest absolute Gasteiger partial charge is 0.142 e. The number of allylic oxidation sites excluding steroid dienone is 1. The van der Waals surface area contributed by atoms with Crippen molar-refractivity contribution in [1.82, 2.24) is 0 Å². The fourth-order valence-electron chi connectivity index (χ4n) is 4.87. The molecule has 1 aromatic carbocycles. The van der Waals surface area contributed by atoms with Crippen LogP contribution in [-0.4, -0.2) is 0 Å². The van der Waals surface area contributed by atoms with Crippen LogP contribution >= 0.6 is 11.6 Å². The molecule has 3 heteroatoms. The molecular weight excluding hydrogens is 374 g/mol. The zero-order valence-corrected chi connectivity index (χ0v) is 17.6. The van der Waals surface area contributed by atoms with Gasteiger partial charge in [-0.2, -0.15) is 0 Å². The Kier molecular flexibility index (Phi) is 7.98. The third kappa shape index (κ3) is 5.60. The van der Waals surface area contributed by atoms with Crippen LogP contribution in [0, 0.1) is 41.2 Å². The highest BCUT2D eigenvalue weighted by molar-refractivity contribution is 6.25. The zero-order valence-electron chi connectivity index (χ0n) is 16.8. The molecule has 0 spiro atoms. The molecule has 3 rings (SSSR count). The SMILES string of the molecule is CCC[C@H]1CC[C@H](c2cc(F)c(C#C[C@H]3CC[C@H](C=CCl)CC3)c(F)c2)CC1. The minimum atomic E-state index is -0.503. The lowest BCUT2D eigenvalue weighted by Gasteiger charge is -2.28. The molecule has 1 aromatic rings. The summed E-state index contributed by atoms with van der Waals surface area (Å²) in [7, 11) is 0. The van der Waals surface area contributed by atoms with Gasteiger partial charge < -0.3 is 0 Å². The molecule has 0 unspecified atom stereocenters. The average Bonchev–Trinajstić information content (AvgIpc) is 2.69. The van der Waals surface area contributed by atoms with Crippen LogP contribution in [0.4, 0.5) is 8.78 Å². The summed E-state index contributed by atoms with van der Waals surface area (Å²) in [5.74, 6) is 6.71. The van der Waals surface area contributed by atoms with Gasteiger partial charge in [-0.05, 0) is 86.8 Å². The van der Waals surface area contributed by atoms with Crippen LogP contribution in [-0.2, 0) is 0 Å². The van der Waals surface area contributed by atoms with Gasteiger partial charge in [-0.25, -0.2) is 8.78 Å². The Balaban J connectivity index is 1.64. The molecule has 2 aliphatic carbocycles. The zero-order chi connectivity index (χ0) is 19.9. The third-order valence-electron chi connectivity index (χ3n) is 6.60. The summed E-state index contributed by atoms with van der Waals surface area (Å²) >= 11 is 5.65. The summed E-state index contributed by atoms with van der Waals surface area (Å²) in [5.41, 5.74) is 2.33. The Hall–Kier alpha value is -1.33. The van der Waals surface area contributed by atoms with E-state index in [9.17, 15) is 8.78 Å². The predicted molar refractivity (Wildman–Crippen MR) is 113 cm³/mol. The van der Waals surface area contributed by atoms with Gasteiger partial charge in [-0.1, -0.05) is 49.3 Å². The van der Waals surface area contributed by atoms with Crippen molar-refractivity contribution < 1.29 is 8.78 Å². The maximum absolute atomic E-state index is 14.6. The van der Waals surface area contributed by atoms with Gasteiger partial charge in [-0.15, -0.1) is 0 Å². The van der Waals surface area contributed by atoms with Crippen molar-refractivity contribution in [3.63, 3.8) is 0 Å². The van der Waals surface area contributed by atoms with Gasteiger partial charge in [0.2, 0.25) is 0 Å². The van der Waals surface area contributed by atoms with Crippen LogP contribution in [0.5, 0.6) is 0 Å². The van der Waals surface area contributed by atoms with Crippen molar-refractivity contribution >= 4 is 11.6 Å². The number of halogens is 3. The molecule has 152 valence electrons. The Morgan fingerprint density at radius 1 is 1.00 bits per heavy atom. The molecule has 0 bridgehead atoms. The fourth-order valence-corrected chi connectivity index (χ4v) is 5.08. The van der Waals surface area contributed by atoms with Crippen LogP contribution in [0.3, 0.4) is 0 Å². The van der Waals surface area contributed by atoms with Crippen LogP contribution in [0.2, 0.25) is 0 Å². The van der Waals surface area contributed by atoms with Gasteiger partial charge in [0.25, 0.3) is 0 Å². The van der Waals surface area contributed by atoms with Gasteiger partial charge in [0.05, 0.1) is 5.56 Å². The number of benzene rings is 1. The summed E-state index contributed by atoms with van der Waals surface area (Å²) in [6.07, 6.45) is 12.9. The van der Waals surface area contributed by atoms with Crippen molar-refractivity contribution in [3.05, 3.63) is 46.5 Å². The van der Waals surface area contributed by atoms with Crippen LogP contribution in [0.1, 0.15) is 88.2 Å². The topological polar surface area (TPSA) is 0 Å². The Morgan fingerprint density at radius 3 is 2.21 bits per heavy atom. The predicted octanol–water partition coefficient (Wildman–Crippen LogP) is 7.95. The second kappa shape index (κ2) is 10.4. The Bertz CT molecular complexity index is 704. The first kappa shape index (κ1) is 21.4. The van der Waals surface area contributed by atoms with E-state index in [4.69, 9.17) is 11.6 Å². The molecule has 0 aromatic heterocycles. The minimum Gasteiger partial charge on any atom is -0.206 e. The maximum atomic E-state index is 14.6. The van der Waals surface area contributed by atoms with Crippen LogP contribution in [0.25, 0.3) is 0 Å². The summed E-state index contributed by atoms with van der Waals surface area (Å²) in [5, 5.41) is 0. The highest BCUT2D eigenvalue weighted by Crippen LogP contribution is 2.38. The first-order chi connectivity index (χ1) is 13.6. The van der Waals surface area contributed by atoms with E-state index < -0.39 is 11.6 Å². The summed E-state index contributed by atoms with van der Waals surface area (Å²) in [6, 6.07) is 3.06. The molecule has 0 nitrogen and oxygen atoms in total. The van der Waals surface area contributed by atoms with Crippen molar-refractivity contribution in [2.24, 2.45) is 17.8 Å². The highest BCUT2D eigenvalue weighted by atomic mass is 35.5. The average molecular weight is 405 g/mol. The van der Waals surface area contributed by atoms with E-state index in [0.29, 0.717) is 5.92 Å². The van der Waals surface area contributed by atoms with Crippen molar-refractivity contribution in [2.45, 2.75) is 77.0 Å². The van der Waals surface area contributed by atoms with Crippen LogP contribution in [0.15, 0.2) is 23.7 Å². The number of hydrogen-bond donors (Lipinski definition) is 0. The van der Waals surface area contributed by atoms with E-state index in [0.717, 1.165) is 50.0 Å². The van der Waals surface area contributed by atoms with Gasteiger partial charge in [0.15, 0.2) is 0 Å². The van der Waals surface area contributed by atoms with E-state index in [1.165, 1.54) is 37.8 Å². The Labute approximate surface area is 173 Å². The summed E-state index contributed by atoms with van der Waals surface area (Å²) in [4.78, 5) is 0. The van der Waals surface area contributed by atoms with Crippen LogP contribution < -0.4 is 0 Å². The van der Waals surface area contributed by atoms with E-state index in [1.807, 2.05) is 6.08 Å². The molecule has 2 fully saturated rings. The van der Waals surface area contributed by atoms with Gasteiger partial charge >= 0.3 is 0 Å². The third-order valence-corrected chi connectivity index (χ3v) is 6.74. The van der Waals surface area contributed by atoms with E-state index in [1.54, 1.807) is 5.54 Å². The lowest BCUT2D eigenvalue weighted by Crippen LogP contribution is -2.14. The fraction of sp³-hybridized carbons (Fsp3) is 0.600. The normalized spacial score (nSPS) is 28.1. The highest BCUT2D eigenvalue weighted by Gasteiger charge is 2.24. The van der Waals surface area contributed by atoms with Crippen molar-refractivity contribution in [1.29, 1.82) is 0 Å². The second-order valence-electron chi connectivity index (χ2n) is 8.57. The molecule has 28 heavy (non-hydrogen) atoms. The van der Waals surface area contributed by atoms with E-state index >= 15 is 0 Å². The molecule has 0 aliphatic heterocycles. The largest absolute Gasteiger partial charge is 0.206 e. The Morgan fingerprint density at radius 2 is 1.64 bits per heavy atom. The molecule has 2 aliphatic rings. The molecule has 2 saturated carbocycles. The van der Waals surface area contributed by atoms with Gasteiger partial charge in [0, 0.05) is 11.5 Å². The van der Waals surface area contributed by atoms with Crippen molar-refractivity contribution in [2.75, 3.05) is 0 Å². The summed E-state index contributed by atoms with van der Waals surface area (Å²) < 4.78 is 29.2. The first-order valence-electron chi connectivity index (χ1n) is 10.9. The number of rotatable bonds is 4. The molecule has 0 radical (unpaired) electrons. The molecule has 0 heterocycles. The molecule has 0 atom stereocenters. The van der Waals surface area contributed by atoms with E-state index in [2.05, 4.69) is 18.8 Å². The molecule has 0 amide bonds. The maximum Gasteiger partial charge on any atom is 0.142 e. The first-order valence-corrected chi connectivity index (χ1v) is 11.3. The molecular formula is C25H31ClF2. The standard InChI is InChI=1S/C25H31ClF2/c1-2-3-18-8-11-21(12-9-18)22-16-24(27)23(25(28)17-22)13-10-19-4-6-20(7-5-19)14-15-26/h14-21H,2-9,11-12H2,1H3/t18-,19-,20-,21-. The molecule has 0 N–H and O–H groups in total. The number of hydrogen-bond acceptors (Lipinski definition) is 0. The van der Waals surface area contributed by atoms with Gasteiger partial charge in [0.1, 0.15) is 11.6 Å². The lowest BCUT2D eigenvalue weighted by atomic mass is 9.77. The van der Waals surface area contributed by atoms with Gasteiger partial charge in [-0.3, -0.25) is 0 Å².